The van der Waals surface area contributed by atoms with Crippen molar-refractivity contribution in [1.82, 2.24) is 4.90 Å². The highest BCUT2D eigenvalue weighted by atomic mass is 35.5. The molecule has 0 saturated carbocycles. The monoisotopic (exact) mass is 248 g/mol. The van der Waals surface area contributed by atoms with Crippen molar-refractivity contribution >= 4 is 18.3 Å². The van der Waals surface area contributed by atoms with Gasteiger partial charge in [-0.3, -0.25) is 4.79 Å². The van der Waals surface area contributed by atoms with Gasteiger partial charge in [-0.2, -0.15) is 0 Å². The minimum Gasteiger partial charge on any atom is -0.381 e. The van der Waals surface area contributed by atoms with Crippen LogP contribution in [0.1, 0.15) is 25.7 Å². The van der Waals surface area contributed by atoms with Crippen LogP contribution in [0.15, 0.2) is 0 Å². The Kier molecular flexibility index (Phi) is 5.52. The fraction of sp³-hybridized carbons (Fsp3) is 0.909. The van der Waals surface area contributed by atoms with Gasteiger partial charge in [-0.25, -0.2) is 0 Å². The number of carbonyl (C=O) groups excluding carboxylic acids is 1. The molecule has 2 atom stereocenters. The molecule has 2 aliphatic heterocycles. The number of likely N-dealkylation sites (tertiary alicyclic amines) is 1. The van der Waals surface area contributed by atoms with E-state index in [1.54, 1.807) is 0 Å². The maximum atomic E-state index is 12.1. The predicted molar refractivity (Wildman–Crippen MR) is 64.6 cm³/mol. The first-order valence-electron chi connectivity index (χ1n) is 5.89. The van der Waals surface area contributed by atoms with Gasteiger partial charge >= 0.3 is 0 Å². The number of ether oxygens (including phenoxy) is 1. The van der Waals surface area contributed by atoms with E-state index in [0.29, 0.717) is 6.61 Å². The summed E-state index contributed by atoms with van der Waals surface area (Å²) >= 11 is 0. The fourth-order valence-electron chi connectivity index (χ4n) is 2.40. The average Bonchev–Trinajstić information content (AvgIpc) is 2.29. The van der Waals surface area contributed by atoms with Crippen LogP contribution in [-0.4, -0.2) is 43.2 Å². The lowest BCUT2D eigenvalue weighted by Gasteiger charge is -2.34. The summed E-state index contributed by atoms with van der Waals surface area (Å²) in [6.45, 7) is 3.02. The molecule has 1 amide bonds. The molecular formula is C11H21ClN2O2. The highest BCUT2D eigenvalue weighted by Crippen LogP contribution is 2.18. The van der Waals surface area contributed by atoms with E-state index in [-0.39, 0.29) is 30.3 Å². The van der Waals surface area contributed by atoms with E-state index in [9.17, 15) is 4.79 Å². The van der Waals surface area contributed by atoms with Gasteiger partial charge in [0.05, 0.1) is 12.5 Å². The van der Waals surface area contributed by atoms with Crippen LogP contribution >= 0.6 is 12.4 Å². The lowest BCUT2D eigenvalue weighted by Crippen LogP contribution is -2.48. The largest absolute Gasteiger partial charge is 0.381 e. The number of rotatable bonds is 1. The van der Waals surface area contributed by atoms with Crippen molar-refractivity contribution in [3.8, 4) is 0 Å². The van der Waals surface area contributed by atoms with Gasteiger partial charge in [0.15, 0.2) is 0 Å². The van der Waals surface area contributed by atoms with E-state index >= 15 is 0 Å². The molecule has 2 rings (SSSR count). The summed E-state index contributed by atoms with van der Waals surface area (Å²) in [5, 5.41) is 0. The summed E-state index contributed by atoms with van der Waals surface area (Å²) in [4.78, 5) is 14.0. The van der Waals surface area contributed by atoms with Crippen LogP contribution in [0.4, 0.5) is 0 Å². The van der Waals surface area contributed by atoms with Gasteiger partial charge < -0.3 is 15.4 Å². The molecule has 0 aromatic rings. The quantitative estimate of drug-likeness (QED) is 0.746. The molecule has 94 valence electrons. The van der Waals surface area contributed by atoms with Crippen LogP contribution in [-0.2, 0) is 9.53 Å². The summed E-state index contributed by atoms with van der Waals surface area (Å²) in [5.41, 5.74) is 5.87. The zero-order valence-electron chi connectivity index (χ0n) is 9.56. The van der Waals surface area contributed by atoms with Crippen LogP contribution in [0.5, 0.6) is 0 Å². The molecule has 0 aliphatic carbocycles. The first kappa shape index (κ1) is 13.7. The third-order valence-electron chi connectivity index (χ3n) is 3.28. The number of halogens is 1. The minimum atomic E-state index is 0. The summed E-state index contributed by atoms with van der Waals surface area (Å²) in [7, 11) is 0. The number of nitrogens with zero attached hydrogens (tertiary/aromatic N) is 1. The zero-order valence-corrected chi connectivity index (χ0v) is 10.4. The summed E-state index contributed by atoms with van der Waals surface area (Å²) in [6.07, 6.45) is 4.08. The normalized spacial score (nSPS) is 30.7. The van der Waals surface area contributed by atoms with Crippen molar-refractivity contribution in [2.45, 2.75) is 31.7 Å². The van der Waals surface area contributed by atoms with Gasteiger partial charge in [-0.1, -0.05) is 0 Å². The van der Waals surface area contributed by atoms with Gasteiger partial charge in [0.2, 0.25) is 5.91 Å². The Morgan fingerprint density at radius 2 is 2.12 bits per heavy atom. The van der Waals surface area contributed by atoms with Crippen LogP contribution in [0.25, 0.3) is 0 Å². The lowest BCUT2D eigenvalue weighted by atomic mass is 9.98. The Labute approximate surface area is 103 Å². The van der Waals surface area contributed by atoms with Crippen molar-refractivity contribution in [2.24, 2.45) is 11.7 Å². The first-order valence-corrected chi connectivity index (χ1v) is 5.89. The number of hydrogen-bond donors (Lipinski definition) is 1. The van der Waals surface area contributed by atoms with Gasteiger partial charge in [-0.15, -0.1) is 12.4 Å². The summed E-state index contributed by atoms with van der Waals surface area (Å²) < 4.78 is 5.34. The molecule has 0 aromatic carbocycles. The molecule has 2 saturated heterocycles. The molecular weight excluding hydrogens is 228 g/mol. The second-order valence-electron chi connectivity index (χ2n) is 4.60. The van der Waals surface area contributed by atoms with Crippen molar-refractivity contribution in [1.29, 1.82) is 0 Å². The van der Waals surface area contributed by atoms with Crippen LogP contribution in [0.2, 0.25) is 0 Å². The standard InChI is InChI=1S/C11H20N2O2.ClH/c12-10-4-1-5-13(7-10)11(14)9-3-2-6-15-8-9;/h9-10H,1-8,12H2;1H/t9?,10-;/m1./s1. The van der Waals surface area contributed by atoms with E-state index in [0.717, 1.165) is 45.4 Å². The lowest BCUT2D eigenvalue weighted by molar-refractivity contribution is -0.140. The molecule has 2 aliphatic rings. The molecule has 2 fully saturated rings. The van der Waals surface area contributed by atoms with Gasteiger partial charge in [-0.05, 0) is 25.7 Å². The van der Waals surface area contributed by atoms with Gasteiger partial charge in [0, 0.05) is 25.7 Å². The number of nitrogens with two attached hydrogens (primary N) is 1. The molecule has 2 heterocycles. The maximum Gasteiger partial charge on any atom is 0.228 e. The third kappa shape index (κ3) is 3.34. The van der Waals surface area contributed by atoms with Crippen molar-refractivity contribution in [3.05, 3.63) is 0 Å². The molecule has 0 bridgehead atoms. The van der Waals surface area contributed by atoms with E-state index in [4.69, 9.17) is 10.5 Å². The molecule has 0 aromatic heterocycles. The van der Waals surface area contributed by atoms with E-state index in [1.807, 2.05) is 4.90 Å². The zero-order chi connectivity index (χ0) is 10.7. The second kappa shape index (κ2) is 6.42. The molecule has 16 heavy (non-hydrogen) atoms. The molecule has 5 heteroatoms. The molecule has 1 unspecified atom stereocenters. The topological polar surface area (TPSA) is 55.6 Å². The third-order valence-corrected chi connectivity index (χ3v) is 3.28. The summed E-state index contributed by atoms with van der Waals surface area (Å²) in [6, 6.07) is 0.173. The number of amides is 1. The minimum absolute atomic E-state index is 0. The highest BCUT2D eigenvalue weighted by Gasteiger charge is 2.28. The molecule has 4 nitrogen and oxygen atoms in total. The van der Waals surface area contributed by atoms with E-state index in [2.05, 4.69) is 0 Å². The van der Waals surface area contributed by atoms with Crippen molar-refractivity contribution < 1.29 is 9.53 Å². The fourth-order valence-corrected chi connectivity index (χ4v) is 2.40. The van der Waals surface area contributed by atoms with Crippen molar-refractivity contribution in [3.63, 3.8) is 0 Å². The summed E-state index contributed by atoms with van der Waals surface area (Å²) in [5.74, 6) is 0.342. The van der Waals surface area contributed by atoms with Crippen molar-refractivity contribution in [2.75, 3.05) is 26.3 Å². The SMILES string of the molecule is Cl.N[C@@H]1CCCN(C(=O)C2CCCOC2)C1. The first-order chi connectivity index (χ1) is 7.27. The highest BCUT2D eigenvalue weighted by molar-refractivity contribution is 5.85. The maximum absolute atomic E-state index is 12.1. The predicted octanol–water partition coefficient (Wildman–Crippen LogP) is 0.784. The number of hydrogen-bond acceptors (Lipinski definition) is 3. The molecule has 0 spiro atoms. The second-order valence-corrected chi connectivity index (χ2v) is 4.60. The Morgan fingerprint density at radius 3 is 2.75 bits per heavy atom. The Bertz CT molecular complexity index is 232. The van der Waals surface area contributed by atoms with E-state index < -0.39 is 0 Å². The van der Waals surface area contributed by atoms with Crippen LogP contribution in [0, 0.1) is 5.92 Å². The molecule has 0 radical (unpaired) electrons. The van der Waals surface area contributed by atoms with Gasteiger partial charge in [0.1, 0.15) is 0 Å². The molecule has 2 N–H and O–H groups in total. The number of carbonyl (C=O) groups is 1. The van der Waals surface area contributed by atoms with E-state index in [1.165, 1.54) is 0 Å². The Hall–Kier alpha value is -0.320. The Balaban J connectivity index is 0.00000128. The van der Waals surface area contributed by atoms with Crippen LogP contribution < -0.4 is 5.73 Å². The Morgan fingerprint density at radius 1 is 1.31 bits per heavy atom. The van der Waals surface area contributed by atoms with Gasteiger partial charge in [0.25, 0.3) is 0 Å². The number of piperidine rings is 1. The average molecular weight is 249 g/mol. The smallest absolute Gasteiger partial charge is 0.228 e. The van der Waals surface area contributed by atoms with Crippen LogP contribution in [0.3, 0.4) is 0 Å².